The normalized spacial score (nSPS) is 20.1. The average molecular weight is 416 g/mol. The number of nitrogens with one attached hydrogen (secondary N) is 1. The highest BCUT2D eigenvalue weighted by molar-refractivity contribution is 6.19. The van der Waals surface area contributed by atoms with Gasteiger partial charge in [-0.05, 0) is 36.5 Å². The molecule has 0 radical (unpaired) electrons. The number of hydrogen-bond acceptors (Lipinski definition) is 6. The van der Waals surface area contributed by atoms with Gasteiger partial charge < -0.3 is 29.9 Å². The van der Waals surface area contributed by atoms with Crippen LogP contribution in [0, 0.1) is 5.92 Å². The number of aliphatic hydroxyl groups excluding tert-OH is 1. The number of nitrogens with zero attached hydrogens (tertiary/aromatic N) is 1. The van der Waals surface area contributed by atoms with E-state index in [1.165, 1.54) is 17.7 Å². The summed E-state index contributed by atoms with van der Waals surface area (Å²) >= 11 is 0. The van der Waals surface area contributed by atoms with Crippen LogP contribution in [0.15, 0.2) is 35.6 Å². The van der Waals surface area contributed by atoms with E-state index in [0.29, 0.717) is 12.5 Å². The van der Waals surface area contributed by atoms with E-state index in [2.05, 4.69) is 5.32 Å². The minimum Gasteiger partial charge on any atom is -0.511 e. The van der Waals surface area contributed by atoms with Crippen molar-refractivity contribution in [2.45, 2.75) is 31.3 Å². The average Bonchev–Trinajstić information content (AvgIpc) is 3.51. The topological polar surface area (TPSA) is 125 Å². The Morgan fingerprint density at radius 2 is 1.93 bits per heavy atom. The summed E-state index contributed by atoms with van der Waals surface area (Å²) in [4.78, 5) is 37.7. The van der Waals surface area contributed by atoms with Crippen LogP contribution in [0.4, 0.5) is 0 Å². The monoisotopic (exact) mass is 416 g/mol. The Hall–Kier alpha value is -3.07. The van der Waals surface area contributed by atoms with Gasteiger partial charge >= 0.3 is 5.97 Å². The van der Waals surface area contributed by atoms with Gasteiger partial charge in [-0.3, -0.25) is 14.4 Å². The molecular weight excluding hydrogens is 392 g/mol. The maximum absolute atomic E-state index is 13.1. The van der Waals surface area contributed by atoms with Crippen LogP contribution < -0.4 is 10.1 Å². The predicted octanol–water partition coefficient (Wildman–Crippen LogP) is 0.990. The van der Waals surface area contributed by atoms with Crippen molar-refractivity contribution in [1.29, 1.82) is 0 Å². The molecule has 160 valence electrons. The van der Waals surface area contributed by atoms with E-state index in [1.807, 2.05) is 24.3 Å². The van der Waals surface area contributed by atoms with Crippen molar-refractivity contribution < 1.29 is 34.1 Å². The molecule has 0 bridgehead atoms. The van der Waals surface area contributed by atoms with Gasteiger partial charge in [0.25, 0.3) is 11.8 Å². The van der Waals surface area contributed by atoms with Crippen LogP contribution in [0.25, 0.3) is 0 Å². The van der Waals surface area contributed by atoms with Gasteiger partial charge in [-0.15, -0.1) is 0 Å². The molecule has 1 spiro atoms. The van der Waals surface area contributed by atoms with E-state index in [9.17, 15) is 19.5 Å². The fourth-order valence-corrected chi connectivity index (χ4v) is 3.65. The Morgan fingerprint density at radius 3 is 2.50 bits per heavy atom. The van der Waals surface area contributed by atoms with Crippen molar-refractivity contribution >= 4 is 17.8 Å². The third kappa shape index (κ3) is 4.11. The SMILES string of the molecule is O=C(O)CNC(=O)C1=C(O)CC2(COC2)N(Cc2ccc(OCC3CC3)cc2)C1=O. The maximum Gasteiger partial charge on any atom is 0.322 e. The molecule has 4 rings (SSSR count). The molecule has 1 aromatic carbocycles. The first kappa shape index (κ1) is 20.2. The van der Waals surface area contributed by atoms with Crippen LogP contribution in [-0.2, 0) is 25.7 Å². The van der Waals surface area contributed by atoms with Gasteiger partial charge in [0.05, 0.1) is 25.4 Å². The Kier molecular flexibility index (Phi) is 5.38. The summed E-state index contributed by atoms with van der Waals surface area (Å²) in [7, 11) is 0. The highest BCUT2D eigenvalue weighted by atomic mass is 16.5. The lowest BCUT2D eigenvalue weighted by atomic mass is 9.83. The van der Waals surface area contributed by atoms with E-state index in [4.69, 9.17) is 14.6 Å². The second kappa shape index (κ2) is 7.98. The molecule has 2 heterocycles. The van der Waals surface area contributed by atoms with Crippen molar-refractivity contribution in [2.24, 2.45) is 5.92 Å². The molecule has 1 aromatic rings. The van der Waals surface area contributed by atoms with Crippen LogP contribution in [0.5, 0.6) is 5.75 Å². The Morgan fingerprint density at radius 1 is 1.23 bits per heavy atom. The molecule has 1 saturated heterocycles. The van der Waals surface area contributed by atoms with E-state index in [1.54, 1.807) is 0 Å². The number of rotatable bonds is 8. The van der Waals surface area contributed by atoms with Gasteiger partial charge in [-0.1, -0.05) is 12.1 Å². The zero-order chi connectivity index (χ0) is 21.3. The van der Waals surface area contributed by atoms with Gasteiger partial charge in [0.2, 0.25) is 0 Å². The standard InChI is InChI=1S/C21H24N2O7/c24-16-7-21(11-29-12-21)23(20(28)18(16)19(27)22-8-17(25)26)9-13-3-5-15(6-4-13)30-10-14-1-2-14/h3-6,14,24H,1-2,7-12H2,(H,22,27)(H,25,26). The zero-order valence-electron chi connectivity index (χ0n) is 16.4. The number of aliphatic hydroxyl groups is 1. The van der Waals surface area contributed by atoms with Crippen LogP contribution in [0.1, 0.15) is 24.8 Å². The fraction of sp³-hybridized carbons (Fsp3) is 0.476. The molecule has 3 aliphatic rings. The van der Waals surface area contributed by atoms with Crippen LogP contribution in [0.3, 0.4) is 0 Å². The lowest BCUT2D eigenvalue weighted by Gasteiger charge is -2.51. The summed E-state index contributed by atoms with van der Waals surface area (Å²) in [6, 6.07) is 7.43. The van der Waals surface area contributed by atoms with Gasteiger partial charge in [-0.2, -0.15) is 0 Å². The lowest BCUT2D eigenvalue weighted by Crippen LogP contribution is -2.66. The summed E-state index contributed by atoms with van der Waals surface area (Å²) in [5, 5.41) is 21.2. The Balaban J connectivity index is 1.49. The number of amides is 2. The Labute approximate surface area is 173 Å². The second-order valence-electron chi connectivity index (χ2n) is 8.08. The first-order chi connectivity index (χ1) is 14.4. The van der Waals surface area contributed by atoms with Crippen LogP contribution in [0.2, 0.25) is 0 Å². The first-order valence-electron chi connectivity index (χ1n) is 9.91. The van der Waals surface area contributed by atoms with Gasteiger partial charge in [0.1, 0.15) is 23.6 Å². The van der Waals surface area contributed by atoms with Crippen molar-refractivity contribution in [2.75, 3.05) is 26.4 Å². The lowest BCUT2D eigenvalue weighted by molar-refractivity contribution is -0.172. The van der Waals surface area contributed by atoms with Crippen molar-refractivity contribution in [3.63, 3.8) is 0 Å². The number of benzene rings is 1. The van der Waals surface area contributed by atoms with E-state index in [-0.39, 0.29) is 31.9 Å². The van der Waals surface area contributed by atoms with Crippen molar-refractivity contribution in [1.82, 2.24) is 10.2 Å². The molecule has 0 atom stereocenters. The second-order valence-corrected chi connectivity index (χ2v) is 8.08. The zero-order valence-corrected chi connectivity index (χ0v) is 16.4. The number of carboxylic acid groups (broad SMARTS) is 1. The molecule has 2 amide bonds. The number of hydrogen-bond donors (Lipinski definition) is 3. The third-order valence-corrected chi connectivity index (χ3v) is 5.63. The van der Waals surface area contributed by atoms with Gasteiger partial charge in [0, 0.05) is 13.0 Å². The van der Waals surface area contributed by atoms with Crippen molar-refractivity contribution in [3.8, 4) is 5.75 Å². The van der Waals surface area contributed by atoms with E-state index in [0.717, 1.165) is 11.3 Å². The minimum absolute atomic E-state index is 0.0805. The third-order valence-electron chi connectivity index (χ3n) is 5.63. The number of carboxylic acids is 1. The van der Waals surface area contributed by atoms with Crippen LogP contribution >= 0.6 is 0 Å². The van der Waals surface area contributed by atoms with Crippen LogP contribution in [-0.4, -0.2) is 64.8 Å². The highest BCUT2D eigenvalue weighted by Crippen LogP contribution is 2.38. The highest BCUT2D eigenvalue weighted by Gasteiger charge is 2.52. The maximum atomic E-state index is 13.1. The number of carbonyl (C=O) groups is 3. The quantitative estimate of drug-likeness (QED) is 0.540. The fourth-order valence-electron chi connectivity index (χ4n) is 3.65. The van der Waals surface area contributed by atoms with Gasteiger partial charge in [-0.25, -0.2) is 0 Å². The molecule has 2 fully saturated rings. The largest absolute Gasteiger partial charge is 0.511 e. The molecule has 0 aromatic heterocycles. The summed E-state index contributed by atoms with van der Waals surface area (Å²) in [6.45, 7) is 0.821. The van der Waals surface area contributed by atoms with Gasteiger partial charge in [0.15, 0.2) is 0 Å². The summed E-state index contributed by atoms with van der Waals surface area (Å²) in [6.07, 6.45) is 2.50. The molecule has 2 aliphatic heterocycles. The smallest absolute Gasteiger partial charge is 0.322 e. The molecular formula is C21H24N2O7. The summed E-state index contributed by atoms with van der Waals surface area (Å²) < 4.78 is 11.0. The molecule has 3 N–H and O–H groups in total. The molecule has 1 saturated carbocycles. The number of carbonyl (C=O) groups excluding carboxylic acids is 2. The molecule has 0 unspecified atom stereocenters. The Bertz CT molecular complexity index is 885. The summed E-state index contributed by atoms with van der Waals surface area (Å²) in [5.41, 5.74) is -0.281. The van der Waals surface area contributed by atoms with E-state index >= 15 is 0 Å². The first-order valence-corrected chi connectivity index (χ1v) is 9.91. The molecule has 9 heteroatoms. The molecule has 9 nitrogen and oxygen atoms in total. The number of ether oxygens (including phenoxy) is 2. The predicted molar refractivity (Wildman–Crippen MR) is 104 cm³/mol. The molecule has 1 aliphatic carbocycles. The van der Waals surface area contributed by atoms with Crippen molar-refractivity contribution in [3.05, 3.63) is 41.2 Å². The minimum atomic E-state index is -1.24. The van der Waals surface area contributed by atoms with E-state index < -0.39 is 35.4 Å². The summed E-state index contributed by atoms with van der Waals surface area (Å²) in [5.74, 6) is -1.70. The number of aliphatic carboxylic acids is 1. The molecule has 30 heavy (non-hydrogen) atoms.